The van der Waals surface area contributed by atoms with Gasteiger partial charge in [0, 0.05) is 11.8 Å². The molecule has 2 aliphatic rings. The van der Waals surface area contributed by atoms with Crippen molar-refractivity contribution in [2.45, 2.75) is 30.9 Å². The minimum atomic E-state index is 0.00325. The number of halogens is 1. The van der Waals surface area contributed by atoms with E-state index in [4.69, 9.17) is 16.3 Å². The lowest BCUT2D eigenvalue weighted by molar-refractivity contribution is 0.0393. The molecule has 102 valence electrons. The van der Waals surface area contributed by atoms with Crippen molar-refractivity contribution in [1.82, 2.24) is 0 Å². The van der Waals surface area contributed by atoms with Crippen molar-refractivity contribution in [1.29, 1.82) is 0 Å². The van der Waals surface area contributed by atoms with Gasteiger partial charge in [-0.3, -0.25) is 0 Å². The number of allylic oxidation sites excluding steroid dienone is 1. The molecule has 1 aliphatic carbocycles. The Kier molecular flexibility index (Phi) is 3.66. The van der Waals surface area contributed by atoms with Crippen molar-refractivity contribution >= 4 is 11.6 Å². The normalized spacial score (nSPS) is 37.8. The summed E-state index contributed by atoms with van der Waals surface area (Å²) >= 11 is 6.31. The summed E-state index contributed by atoms with van der Waals surface area (Å²) in [5.74, 6) is 0.664. The molecule has 1 N–H and O–H groups in total. The van der Waals surface area contributed by atoms with Crippen LogP contribution in [0.25, 0.3) is 0 Å². The van der Waals surface area contributed by atoms with Crippen LogP contribution in [0.4, 0.5) is 0 Å². The second-order valence-corrected chi connectivity index (χ2v) is 6.07. The standard InChI is InChI=1S/C16H19ClO2/c1-10-15-12(9-18)7-13(17)8-14(15)16(19-10)11-5-3-2-4-6-11/h2-7,10,13-16,18H,8-9H2,1H3/t10-,13-,14+,15-,16+/m1/s1. The molecule has 19 heavy (non-hydrogen) atoms. The zero-order valence-electron chi connectivity index (χ0n) is 11.0. The molecule has 1 fully saturated rings. The summed E-state index contributed by atoms with van der Waals surface area (Å²) in [6, 6.07) is 10.3. The molecule has 0 bridgehead atoms. The molecule has 2 nitrogen and oxygen atoms in total. The van der Waals surface area contributed by atoms with Crippen LogP contribution in [0.15, 0.2) is 42.0 Å². The van der Waals surface area contributed by atoms with Crippen molar-refractivity contribution in [3.05, 3.63) is 47.5 Å². The lowest BCUT2D eigenvalue weighted by Gasteiger charge is -2.31. The molecular weight excluding hydrogens is 260 g/mol. The Morgan fingerprint density at radius 3 is 2.74 bits per heavy atom. The van der Waals surface area contributed by atoms with Gasteiger partial charge in [-0.1, -0.05) is 36.4 Å². The smallest absolute Gasteiger partial charge is 0.0864 e. The molecule has 0 radical (unpaired) electrons. The minimum Gasteiger partial charge on any atom is -0.392 e. The van der Waals surface area contributed by atoms with Crippen molar-refractivity contribution < 1.29 is 9.84 Å². The maximum absolute atomic E-state index is 9.55. The number of hydrogen-bond acceptors (Lipinski definition) is 2. The molecule has 0 unspecified atom stereocenters. The molecule has 1 heterocycles. The van der Waals surface area contributed by atoms with Crippen molar-refractivity contribution in [3.8, 4) is 0 Å². The van der Waals surface area contributed by atoms with E-state index < -0.39 is 0 Å². The van der Waals surface area contributed by atoms with E-state index in [0.29, 0.717) is 11.8 Å². The fourth-order valence-electron chi connectivity index (χ4n) is 3.60. The summed E-state index contributed by atoms with van der Waals surface area (Å²) in [6.45, 7) is 2.18. The number of hydrogen-bond donors (Lipinski definition) is 1. The predicted molar refractivity (Wildman–Crippen MR) is 76.1 cm³/mol. The van der Waals surface area contributed by atoms with Crippen LogP contribution in [0.3, 0.4) is 0 Å². The van der Waals surface area contributed by atoms with Crippen LogP contribution in [0.5, 0.6) is 0 Å². The van der Waals surface area contributed by atoms with Crippen molar-refractivity contribution in [2.75, 3.05) is 6.61 Å². The van der Waals surface area contributed by atoms with Gasteiger partial charge in [0.25, 0.3) is 0 Å². The number of rotatable bonds is 2. The zero-order chi connectivity index (χ0) is 13.4. The van der Waals surface area contributed by atoms with Gasteiger partial charge in [-0.15, -0.1) is 11.6 Å². The van der Waals surface area contributed by atoms with E-state index in [1.807, 2.05) is 24.3 Å². The molecule has 1 saturated heterocycles. The molecular formula is C16H19ClO2. The maximum atomic E-state index is 9.55. The summed E-state index contributed by atoms with van der Waals surface area (Å²) in [6.07, 6.45) is 3.16. The van der Waals surface area contributed by atoms with Crippen LogP contribution in [0.1, 0.15) is 25.0 Å². The van der Waals surface area contributed by atoms with Gasteiger partial charge in [0.15, 0.2) is 0 Å². The maximum Gasteiger partial charge on any atom is 0.0864 e. The summed E-state index contributed by atoms with van der Waals surface area (Å²) in [5.41, 5.74) is 2.26. The van der Waals surface area contributed by atoms with Gasteiger partial charge in [-0.2, -0.15) is 0 Å². The average molecular weight is 279 g/mol. The third-order valence-corrected chi connectivity index (χ3v) is 4.65. The largest absolute Gasteiger partial charge is 0.392 e. The Morgan fingerprint density at radius 1 is 1.32 bits per heavy atom. The van der Waals surface area contributed by atoms with Crippen LogP contribution < -0.4 is 0 Å². The molecule has 3 rings (SSSR count). The number of alkyl halides is 1. The first-order chi connectivity index (χ1) is 9.20. The Morgan fingerprint density at radius 2 is 2.05 bits per heavy atom. The lowest BCUT2D eigenvalue weighted by atomic mass is 9.74. The first-order valence-corrected chi connectivity index (χ1v) is 7.30. The van der Waals surface area contributed by atoms with E-state index >= 15 is 0 Å². The van der Waals surface area contributed by atoms with Crippen LogP contribution in [0, 0.1) is 11.8 Å². The van der Waals surface area contributed by atoms with E-state index in [1.54, 1.807) is 0 Å². The number of fused-ring (bicyclic) bond motifs is 1. The van der Waals surface area contributed by atoms with E-state index in [1.165, 1.54) is 5.56 Å². The van der Waals surface area contributed by atoms with E-state index in [9.17, 15) is 5.11 Å². The second-order valence-electron chi connectivity index (χ2n) is 5.51. The molecule has 1 aromatic rings. The van der Waals surface area contributed by atoms with Gasteiger partial charge in [0.1, 0.15) is 0 Å². The molecule has 1 aliphatic heterocycles. The van der Waals surface area contributed by atoms with Crippen LogP contribution in [-0.4, -0.2) is 23.2 Å². The SMILES string of the molecule is C[C@H]1O[C@@H](c2ccccc2)[C@H]2C[C@H](Cl)C=C(CO)[C@H]21. The third-order valence-electron chi connectivity index (χ3n) is 4.35. The highest BCUT2D eigenvalue weighted by molar-refractivity contribution is 6.21. The van der Waals surface area contributed by atoms with Crippen LogP contribution >= 0.6 is 11.6 Å². The highest BCUT2D eigenvalue weighted by Gasteiger charge is 2.46. The predicted octanol–water partition coefficient (Wildman–Crippen LogP) is 3.31. The van der Waals surface area contributed by atoms with Gasteiger partial charge < -0.3 is 9.84 Å². The quantitative estimate of drug-likeness (QED) is 0.664. The highest BCUT2D eigenvalue weighted by atomic mass is 35.5. The molecule has 0 aromatic heterocycles. The second kappa shape index (κ2) is 5.28. The first-order valence-electron chi connectivity index (χ1n) is 6.86. The first kappa shape index (κ1) is 13.2. The molecule has 3 heteroatoms. The van der Waals surface area contributed by atoms with E-state index in [0.717, 1.165) is 12.0 Å². The summed E-state index contributed by atoms with van der Waals surface area (Å²) < 4.78 is 6.16. The number of ether oxygens (including phenoxy) is 1. The summed E-state index contributed by atoms with van der Waals surface area (Å²) in [7, 11) is 0. The average Bonchev–Trinajstić information content (AvgIpc) is 2.76. The zero-order valence-corrected chi connectivity index (χ0v) is 11.8. The molecule has 0 saturated carbocycles. The Bertz CT molecular complexity index is 471. The van der Waals surface area contributed by atoms with Gasteiger partial charge in [0.2, 0.25) is 0 Å². The fraction of sp³-hybridized carbons (Fsp3) is 0.500. The lowest BCUT2D eigenvalue weighted by Crippen LogP contribution is -2.29. The van der Waals surface area contributed by atoms with Crippen molar-refractivity contribution in [3.63, 3.8) is 0 Å². The van der Waals surface area contributed by atoms with E-state index in [-0.39, 0.29) is 24.2 Å². The Balaban J connectivity index is 1.93. The fourth-order valence-corrected chi connectivity index (χ4v) is 3.97. The monoisotopic (exact) mass is 278 g/mol. The molecule has 0 amide bonds. The highest BCUT2D eigenvalue weighted by Crippen LogP contribution is 2.50. The summed E-state index contributed by atoms with van der Waals surface area (Å²) in [5, 5.41) is 9.55. The van der Waals surface area contributed by atoms with Gasteiger partial charge in [0.05, 0.1) is 24.2 Å². The molecule has 1 aromatic carbocycles. The molecule has 0 spiro atoms. The van der Waals surface area contributed by atoms with E-state index in [2.05, 4.69) is 19.1 Å². The summed E-state index contributed by atoms with van der Waals surface area (Å²) in [4.78, 5) is 0. The Labute approximate surface area is 119 Å². The minimum absolute atomic E-state index is 0.00325. The topological polar surface area (TPSA) is 29.5 Å². The van der Waals surface area contributed by atoms with Gasteiger partial charge >= 0.3 is 0 Å². The van der Waals surface area contributed by atoms with Gasteiger partial charge in [-0.25, -0.2) is 0 Å². The van der Waals surface area contributed by atoms with Crippen LogP contribution in [0.2, 0.25) is 0 Å². The van der Waals surface area contributed by atoms with Crippen LogP contribution in [-0.2, 0) is 4.74 Å². The molecule has 5 atom stereocenters. The van der Waals surface area contributed by atoms with Gasteiger partial charge in [-0.05, 0) is 24.5 Å². The number of aliphatic hydroxyl groups excluding tert-OH is 1. The third kappa shape index (κ3) is 2.33. The number of benzene rings is 1. The Hall–Kier alpha value is -0.830. The number of aliphatic hydroxyl groups is 1. The van der Waals surface area contributed by atoms with Crippen molar-refractivity contribution in [2.24, 2.45) is 11.8 Å².